The summed E-state index contributed by atoms with van der Waals surface area (Å²) in [6.45, 7) is 6.55. The van der Waals surface area contributed by atoms with E-state index in [4.69, 9.17) is 11.6 Å². The highest BCUT2D eigenvalue weighted by Crippen LogP contribution is 2.25. The van der Waals surface area contributed by atoms with Crippen molar-refractivity contribution in [3.05, 3.63) is 76.1 Å². The maximum atomic E-state index is 6.20. The summed E-state index contributed by atoms with van der Waals surface area (Å²) in [5, 5.41) is 14.0. The zero-order valence-electron chi connectivity index (χ0n) is 15.7. The summed E-state index contributed by atoms with van der Waals surface area (Å²) in [5.74, 6) is 1.41. The molecule has 0 spiro atoms. The lowest BCUT2D eigenvalue weighted by Gasteiger charge is -2.12. The van der Waals surface area contributed by atoms with Crippen molar-refractivity contribution >= 4 is 30.4 Å². The highest BCUT2D eigenvalue weighted by atomic mass is 35.5. The Morgan fingerprint density at radius 3 is 2.44 bits per heavy atom. The maximum Gasteiger partial charge on any atom is 0.208 e. The molecule has 0 N–H and O–H groups in total. The largest absolute Gasteiger partial charge is 0.208 e. The molecule has 27 heavy (non-hydrogen) atoms. The van der Waals surface area contributed by atoms with Gasteiger partial charge in [0.05, 0.1) is 6.21 Å². The van der Waals surface area contributed by atoms with Crippen LogP contribution in [0.25, 0.3) is 0 Å². The van der Waals surface area contributed by atoms with Gasteiger partial charge in [-0.2, -0.15) is 9.78 Å². The molecule has 0 saturated carbocycles. The van der Waals surface area contributed by atoms with E-state index < -0.39 is 0 Å². The molecule has 0 bridgehead atoms. The van der Waals surface area contributed by atoms with Gasteiger partial charge in [0.1, 0.15) is 0 Å². The van der Waals surface area contributed by atoms with Crippen molar-refractivity contribution in [3.63, 3.8) is 0 Å². The molecule has 0 aliphatic carbocycles. The van der Waals surface area contributed by atoms with E-state index in [0.29, 0.717) is 16.1 Å². The number of hydrogen-bond donors (Lipinski definition) is 1. The number of thiol groups is 1. The molecule has 1 unspecified atom stereocenters. The predicted octanol–water partition coefficient (Wildman–Crippen LogP) is 5.45. The number of halogens is 1. The SMILES string of the molecule is CC(C)Cc1ccc(C(C)c2nnc(S)n2N=Cc2ccccc2Cl)cc1. The quantitative estimate of drug-likeness (QED) is 0.443. The first-order valence-electron chi connectivity index (χ1n) is 8.97. The molecular formula is C21H23ClN4S. The Morgan fingerprint density at radius 1 is 1.07 bits per heavy atom. The minimum absolute atomic E-state index is 0.0369. The van der Waals surface area contributed by atoms with E-state index in [1.807, 2.05) is 24.3 Å². The fourth-order valence-corrected chi connectivity index (χ4v) is 3.31. The van der Waals surface area contributed by atoms with Crippen LogP contribution in [0.4, 0.5) is 0 Å². The summed E-state index contributed by atoms with van der Waals surface area (Å²) in [7, 11) is 0. The van der Waals surface area contributed by atoms with Crippen LogP contribution < -0.4 is 0 Å². The molecule has 1 heterocycles. The van der Waals surface area contributed by atoms with Crippen molar-refractivity contribution in [2.45, 2.75) is 38.3 Å². The van der Waals surface area contributed by atoms with E-state index in [9.17, 15) is 0 Å². The van der Waals surface area contributed by atoms with Crippen molar-refractivity contribution < 1.29 is 0 Å². The molecular weight excluding hydrogens is 376 g/mol. The molecule has 0 aliphatic rings. The van der Waals surface area contributed by atoms with E-state index in [2.05, 4.69) is 73.0 Å². The fraction of sp³-hybridized carbons (Fsp3) is 0.286. The van der Waals surface area contributed by atoms with Crippen LogP contribution >= 0.6 is 24.2 Å². The molecule has 1 atom stereocenters. The Labute approximate surface area is 170 Å². The molecule has 0 aliphatic heterocycles. The van der Waals surface area contributed by atoms with Gasteiger partial charge >= 0.3 is 0 Å². The van der Waals surface area contributed by atoms with Crippen LogP contribution in [0.3, 0.4) is 0 Å². The van der Waals surface area contributed by atoms with Gasteiger partial charge in [-0.05, 0) is 29.5 Å². The Bertz CT molecular complexity index is 932. The molecule has 0 amide bonds. The van der Waals surface area contributed by atoms with Crippen LogP contribution in [-0.2, 0) is 6.42 Å². The van der Waals surface area contributed by atoms with Gasteiger partial charge in [0, 0.05) is 16.5 Å². The molecule has 3 aromatic rings. The molecule has 2 aromatic carbocycles. The van der Waals surface area contributed by atoms with Gasteiger partial charge in [-0.1, -0.05) is 74.8 Å². The summed E-state index contributed by atoms with van der Waals surface area (Å²) < 4.78 is 1.65. The topological polar surface area (TPSA) is 43.1 Å². The third kappa shape index (κ3) is 4.79. The lowest BCUT2D eigenvalue weighted by molar-refractivity contribution is 0.646. The van der Waals surface area contributed by atoms with Gasteiger partial charge in [-0.15, -0.1) is 22.8 Å². The summed E-state index contributed by atoms with van der Waals surface area (Å²) in [6.07, 6.45) is 2.78. The van der Waals surface area contributed by atoms with E-state index in [1.54, 1.807) is 10.9 Å². The maximum absolute atomic E-state index is 6.20. The fourth-order valence-electron chi connectivity index (χ4n) is 2.93. The normalized spacial score (nSPS) is 12.8. The molecule has 1 aromatic heterocycles. The first-order valence-corrected chi connectivity index (χ1v) is 9.80. The molecule has 6 heteroatoms. The highest BCUT2D eigenvalue weighted by Gasteiger charge is 2.18. The summed E-state index contributed by atoms with van der Waals surface area (Å²) in [4.78, 5) is 0. The second kappa shape index (κ2) is 8.72. The van der Waals surface area contributed by atoms with E-state index in [0.717, 1.165) is 23.4 Å². The molecule has 140 valence electrons. The number of nitrogens with zero attached hydrogens (tertiary/aromatic N) is 4. The minimum atomic E-state index is 0.0369. The number of rotatable bonds is 6. The Kier molecular flexibility index (Phi) is 6.34. The lowest BCUT2D eigenvalue weighted by Crippen LogP contribution is -2.06. The van der Waals surface area contributed by atoms with Crippen molar-refractivity contribution in [1.82, 2.24) is 14.9 Å². The van der Waals surface area contributed by atoms with Crippen LogP contribution in [0.5, 0.6) is 0 Å². The van der Waals surface area contributed by atoms with E-state index >= 15 is 0 Å². The van der Waals surface area contributed by atoms with Crippen LogP contribution in [0, 0.1) is 5.92 Å². The first-order chi connectivity index (χ1) is 13.0. The minimum Gasteiger partial charge on any atom is -0.191 e. The second-order valence-electron chi connectivity index (χ2n) is 7.00. The number of benzene rings is 2. The van der Waals surface area contributed by atoms with Crippen molar-refractivity contribution in [3.8, 4) is 0 Å². The summed E-state index contributed by atoms with van der Waals surface area (Å²) >= 11 is 10.6. The van der Waals surface area contributed by atoms with Gasteiger partial charge in [0.25, 0.3) is 0 Å². The second-order valence-corrected chi connectivity index (χ2v) is 7.80. The molecule has 4 nitrogen and oxygen atoms in total. The smallest absolute Gasteiger partial charge is 0.191 e. The van der Waals surface area contributed by atoms with Crippen LogP contribution in [0.1, 0.15) is 49.2 Å². The van der Waals surface area contributed by atoms with Crippen molar-refractivity contribution in [2.24, 2.45) is 11.0 Å². The highest BCUT2D eigenvalue weighted by molar-refractivity contribution is 7.80. The van der Waals surface area contributed by atoms with Gasteiger partial charge in [0.15, 0.2) is 5.82 Å². The summed E-state index contributed by atoms with van der Waals surface area (Å²) in [5.41, 5.74) is 3.34. The Balaban J connectivity index is 1.86. The van der Waals surface area contributed by atoms with E-state index in [-0.39, 0.29) is 5.92 Å². The monoisotopic (exact) mass is 398 g/mol. The van der Waals surface area contributed by atoms with Crippen LogP contribution in [-0.4, -0.2) is 21.1 Å². The van der Waals surface area contributed by atoms with Crippen LogP contribution in [0.15, 0.2) is 58.8 Å². The van der Waals surface area contributed by atoms with E-state index in [1.165, 1.54) is 5.56 Å². The molecule has 0 radical (unpaired) electrons. The van der Waals surface area contributed by atoms with Gasteiger partial charge in [0.2, 0.25) is 5.16 Å². The van der Waals surface area contributed by atoms with Crippen molar-refractivity contribution in [2.75, 3.05) is 0 Å². The van der Waals surface area contributed by atoms with Gasteiger partial charge in [-0.3, -0.25) is 0 Å². The molecule has 0 fully saturated rings. The van der Waals surface area contributed by atoms with Gasteiger partial charge in [-0.25, -0.2) is 0 Å². The standard InChI is InChI=1S/C21H23ClN4S/c1-14(2)12-16-8-10-17(11-9-16)15(3)20-24-25-21(27)26(20)23-13-18-6-4-5-7-19(18)22/h4-11,13-15H,12H2,1-3H3,(H,25,27). The number of aromatic nitrogens is 3. The predicted molar refractivity (Wildman–Crippen MR) is 114 cm³/mol. The average molecular weight is 399 g/mol. The lowest BCUT2D eigenvalue weighted by atomic mass is 9.96. The van der Waals surface area contributed by atoms with Crippen molar-refractivity contribution in [1.29, 1.82) is 0 Å². The summed E-state index contributed by atoms with van der Waals surface area (Å²) in [6, 6.07) is 16.2. The zero-order chi connectivity index (χ0) is 19.4. The first kappa shape index (κ1) is 19.6. The average Bonchev–Trinajstić information content (AvgIpc) is 3.01. The molecule has 3 rings (SSSR count). The third-order valence-corrected chi connectivity index (χ3v) is 5.00. The Morgan fingerprint density at radius 2 is 1.78 bits per heavy atom. The van der Waals surface area contributed by atoms with Crippen LogP contribution in [0.2, 0.25) is 5.02 Å². The number of hydrogen-bond acceptors (Lipinski definition) is 4. The molecule has 0 saturated heterocycles. The zero-order valence-corrected chi connectivity index (χ0v) is 17.3. The van der Waals surface area contributed by atoms with Gasteiger partial charge < -0.3 is 0 Å². The third-order valence-electron chi connectivity index (χ3n) is 4.38. The Hall–Kier alpha value is -2.11.